The van der Waals surface area contributed by atoms with Crippen LogP contribution in [0.25, 0.3) is 0 Å². The molecular weight excluding hydrogens is 200 g/mol. The van der Waals surface area contributed by atoms with Gasteiger partial charge in [-0.1, -0.05) is 0 Å². The van der Waals surface area contributed by atoms with Crippen molar-refractivity contribution in [3.63, 3.8) is 0 Å². The van der Waals surface area contributed by atoms with Crippen LogP contribution in [0.2, 0.25) is 0 Å². The largest absolute Gasteiger partial charge is 0.475 e. The first-order chi connectivity index (χ1) is 7.09. The number of hydrogen-bond donors (Lipinski definition) is 1. The van der Waals surface area contributed by atoms with E-state index in [1.807, 2.05) is 13.8 Å². The molecule has 1 N–H and O–H groups in total. The molecule has 0 aromatic carbocycles. The molecule has 0 aliphatic carbocycles. The van der Waals surface area contributed by atoms with Gasteiger partial charge in [0.1, 0.15) is 6.61 Å². The van der Waals surface area contributed by atoms with Crippen molar-refractivity contribution in [3.05, 3.63) is 17.9 Å². The van der Waals surface area contributed by atoms with E-state index in [-0.39, 0.29) is 17.8 Å². The van der Waals surface area contributed by atoms with E-state index in [4.69, 9.17) is 19.0 Å². The molecule has 0 saturated heterocycles. The van der Waals surface area contributed by atoms with E-state index < -0.39 is 5.97 Å². The van der Waals surface area contributed by atoms with Crippen molar-refractivity contribution in [2.24, 2.45) is 0 Å². The highest BCUT2D eigenvalue weighted by molar-refractivity contribution is 5.84. The van der Waals surface area contributed by atoms with E-state index in [0.717, 1.165) is 0 Å². The number of furan rings is 1. The van der Waals surface area contributed by atoms with Crippen molar-refractivity contribution in [2.45, 2.75) is 20.0 Å². The number of ether oxygens (including phenoxy) is 2. The minimum atomic E-state index is -1.11. The van der Waals surface area contributed by atoms with E-state index in [2.05, 4.69) is 0 Å². The second-order valence-corrected chi connectivity index (χ2v) is 3.19. The van der Waals surface area contributed by atoms with Crippen molar-refractivity contribution in [1.29, 1.82) is 0 Å². The molecule has 1 aromatic rings. The molecule has 84 valence electrons. The van der Waals surface area contributed by atoms with Crippen LogP contribution in [0.1, 0.15) is 24.4 Å². The van der Waals surface area contributed by atoms with Crippen LogP contribution in [0.4, 0.5) is 0 Å². The van der Waals surface area contributed by atoms with Crippen LogP contribution in [-0.2, 0) is 4.74 Å². The Morgan fingerprint density at radius 1 is 1.47 bits per heavy atom. The van der Waals surface area contributed by atoms with Crippen LogP contribution in [0.3, 0.4) is 0 Å². The summed E-state index contributed by atoms with van der Waals surface area (Å²) in [5.74, 6) is -1.04. The summed E-state index contributed by atoms with van der Waals surface area (Å²) >= 11 is 0. The van der Waals surface area contributed by atoms with Gasteiger partial charge in [-0.3, -0.25) is 0 Å². The summed E-state index contributed by atoms with van der Waals surface area (Å²) in [7, 11) is 0. The molecule has 0 saturated carbocycles. The lowest BCUT2D eigenvalue weighted by Gasteiger charge is -2.06. The molecule has 0 bridgehead atoms. The monoisotopic (exact) mass is 214 g/mol. The standard InChI is InChI=1S/C10H14O5/c1-7(2)13-5-6-14-9-4-3-8(15-9)10(11)12/h3-4,7H,5-6H2,1-2H3,(H,11,12). The highest BCUT2D eigenvalue weighted by Crippen LogP contribution is 2.15. The zero-order valence-electron chi connectivity index (χ0n) is 8.73. The molecule has 0 atom stereocenters. The Morgan fingerprint density at radius 3 is 2.73 bits per heavy atom. The van der Waals surface area contributed by atoms with Crippen molar-refractivity contribution >= 4 is 5.97 Å². The van der Waals surface area contributed by atoms with Gasteiger partial charge in [-0.25, -0.2) is 4.79 Å². The van der Waals surface area contributed by atoms with Crippen LogP contribution >= 0.6 is 0 Å². The van der Waals surface area contributed by atoms with Gasteiger partial charge < -0.3 is 19.0 Å². The number of aromatic carboxylic acids is 1. The average Bonchev–Trinajstić information content (AvgIpc) is 2.60. The Balaban J connectivity index is 2.29. The first kappa shape index (κ1) is 11.6. The fourth-order valence-corrected chi connectivity index (χ4v) is 0.939. The molecule has 0 fully saturated rings. The fraction of sp³-hybridized carbons (Fsp3) is 0.500. The van der Waals surface area contributed by atoms with E-state index in [1.54, 1.807) is 0 Å². The van der Waals surface area contributed by atoms with Crippen molar-refractivity contribution in [3.8, 4) is 5.95 Å². The average molecular weight is 214 g/mol. The number of carboxylic acid groups (broad SMARTS) is 1. The molecule has 0 aliphatic rings. The van der Waals surface area contributed by atoms with E-state index >= 15 is 0 Å². The van der Waals surface area contributed by atoms with Crippen LogP contribution in [0, 0.1) is 0 Å². The van der Waals surface area contributed by atoms with Gasteiger partial charge in [0.05, 0.1) is 12.7 Å². The molecule has 0 aliphatic heterocycles. The molecule has 5 nitrogen and oxygen atoms in total. The highest BCUT2D eigenvalue weighted by Gasteiger charge is 2.09. The predicted molar refractivity (Wildman–Crippen MR) is 52.3 cm³/mol. The maximum atomic E-state index is 10.5. The zero-order valence-corrected chi connectivity index (χ0v) is 8.73. The maximum absolute atomic E-state index is 10.5. The summed E-state index contributed by atoms with van der Waals surface area (Å²) in [6, 6.07) is 2.82. The van der Waals surface area contributed by atoms with E-state index in [0.29, 0.717) is 13.2 Å². The Bertz CT molecular complexity index is 315. The Kier molecular flexibility index (Phi) is 4.17. The fourth-order valence-electron chi connectivity index (χ4n) is 0.939. The minimum Gasteiger partial charge on any atom is -0.475 e. The smallest absolute Gasteiger partial charge is 0.371 e. The normalized spacial score (nSPS) is 10.6. The highest BCUT2D eigenvalue weighted by atomic mass is 16.6. The number of hydrogen-bond acceptors (Lipinski definition) is 4. The van der Waals surface area contributed by atoms with Gasteiger partial charge in [0, 0.05) is 6.07 Å². The molecule has 1 aromatic heterocycles. The van der Waals surface area contributed by atoms with Crippen LogP contribution in [-0.4, -0.2) is 30.4 Å². The van der Waals surface area contributed by atoms with Crippen LogP contribution < -0.4 is 4.74 Å². The second kappa shape index (κ2) is 5.41. The van der Waals surface area contributed by atoms with Crippen LogP contribution in [0.5, 0.6) is 5.95 Å². The predicted octanol–water partition coefficient (Wildman–Crippen LogP) is 1.78. The minimum absolute atomic E-state index is 0.130. The van der Waals surface area contributed by atoms with Gasteiger partial charge in [-0.15, -0.1) is 0 Å². The topological polar surface area (TPSA) is 68.9 Å². The third kappa shape index (κ3) is 4.03. The molecule has 1 heterocycles. The first-order valence-electron chi connectivity index (χ1n) is 4.67. The summed E-state index contributed by atoms with van der Waals surface area (Å²) in [4.78, 5) is 10.5. The summed E-state index contributed by atoms with van der Waals surface area (Å²) in [5, 5.41) is 8.57. The van der Waals surface area contributed by atoms with Gasteiger partial charge >= 0.3 is 5.97 Å². The van der Waals surface area contributed by atoms with E-state index in [9.17, 15) is 4.79 Å². The molecule has 15 heavy (non-hydrogen) atoms. The van der Waals surface area contributed by atoms with Crippen LogP contribution in [0.15, 0.2) is 16.5 Å². The first-order valence-corrected chi connectivity index (χ1v) is 4.67. The molecule has 1 rings (SSSR count). The second-order valence-electron chi connectivity index (χ2n) is 3.19. The summed E-state index contributed by atoms with van der Waals surface area (Å²) < 4.78 is 15.2. The quantitative estimate of drug-likeness (QED) is 0.731. The van der Waals surface area contributed by atoms with Gasteiger partial charge in [-0.2, -0.15) is 0 Å². The van der Waals surface area contributed by atoms with Crippen molar-refractivity contribution in [1.82, 2.24) is 0 Å². The molecular formula is C10H14O5. The third-order valence-electron chi connectivity index (χ3n) is 1.57. The Morgan fingerprint density at radius 2 is 2.20 bits per heavy atom. The molecule has 5 heteroatoms. The van der Waals surface area contributed by atoms with E-state index in [1.165, 1.54) is 12.1 Å². The number of rotatable bonds is 6. The molecule has 0 radical (unpaired) electrons. The number of carbonyl (C=O) groups is 1. The summed E-state index contributed by atoms with van der Waals surface area (Å²) in [6.45, 7) is 4.64. The number of carboxylic acids is 1. The van der Waals surface area contributed by atoms with Gasteiger partial charge in [-0.05, 0) is 19.9 Å². The zero-order chi connectivity index (χ0) is 11.3. The SMILES string of the molecule is CC(C)OCCOc1ccc(C(=O)O)o1. The Hall–Kier alpha value is -1.49. The van der Waals surface area contributed by atoms with Crippen molar-refractivity contribution < 1.29 is 23.8 Å². The maximum Gasteiger partial charge on any atom is 0.371 e. The van der Waals surface area contributed by atoms with Gasteiger partial charge in [0.25, 0.3) is 5.95 Å². The van der Waals surface area contributed by atoms with Gasteiger partial charge in [0.2, 0.25) is 5.76 Å². The summed E-state index contributed by atoms with van der Waals surface area (Å²) in [5.41, 5.74) is 0. The van der Waals surface area contributed by atoms with Crippen molar-refractivity contribution in [2.75, 3.05) is 13.2 Å². The molecule has 0 unspecified atom stereocenters. The van der Waals surface area contributed by atoms with Gasteiger partial charge in [0.15, 0.2) is 0 Å². The molecule has 0 spiro atoms. The molecule has 0 amide bonds. The lowest BCUT2D eigenvalue weighted by Crippen LogP contribution is -2.10. The lowest BCUT2D eigenvalue weighted by atomic mass is 10.5. The third-order valence-corrected chi connectivity index (χ3v) is 1.57. The lowest BCUT2D eigenvalue weighted by molar-refractivity contribution is 0.0481. The summed E-state index contributed by atoms with van der Waals surface area (Å²) in [6.07, 6.45) is 0.153. The Labute approximate surface area is 87.6 Å².